The number of aliphatic hydroxyl groups is 1. The van der Waals surface area contributed by atoms with Gasteiger partial charge in [-0.1, -0.05) is 0 Å². The average Bonchev–Trinajstić information content (AvgIpc) is 3.29. The van der Waals surface area contributed by atoms with Crippen LogP contribution in [0.4, 0.5) is 0 Å². The number of aliphatic hydroxyl groups excluding tert-OH is 1. The summed E-state index contributed by atoms with van der Waals surface area (Å²) >= 11 is 0. The maximum absolute atomic E-state index is 11.9. The number of rotatable bonds is 4. The molecule has 0 aromatic rings. The van der Waals surface area contributed by atoms with Gasteiger partial charge in [0.15, 0.2) is 0 Å². The Balaban J connectivity index is 1.61. The van der Waals surface area contributed by atoms with E-state index in [-0.39, 0.29) is 18.1 Å². The summed E-state index contributed by atoms with van der Waals surface area (Å²) in [5.41, 5.74) is 0. The standard InChI is InChI=1S/C17H30N2O4/c1-18(2)17(21)7-14-5-6-15-16(23-14)11-22-10-13(20)9-19(15)8-12-3-4-12/h12-16,20H,3-11H2,1-2H3/t13-,14+,15-,16+/m1/s1. The van der Waals surface area contributed by atoms with Gasteiger partial charge in [-0.15, -0.1) is 0 Å². The molecule has 1 saturated carbocycles. The normalized spacial score (nSPS) is 36.0. The molecule has 2 aliphatic heterocycles. The lowest BCUT2D eigenvalue weighted by atomic mass is 9.94. The summed E-state index contributed by atoms with van der Waals surface area (Å²) < 4.78 is 11.8. The highest BCUT2D eigenvalue weighted by Crippen LogP contribution is 2.34. The number of carbonyl (C=O) groups excluding carboxylic acids is 1. The van der Waals surface area contributed by atoms with Crippen molar-refractivity contribution in [1.82, 2.24) is 9.80 Å². The Hall–Kier alpha value is -0.690. The van der Waals surface area contributed by atoms with Crippen LogP contribution in [0.15, 0.2) is 0 Å². The van der Waals surface area contributed by atoms with Gasteiger partial charge >= 0.3 is 0 Å². The Morgan fingerprint density at radius 2 is 2.00 bits per heavy atom. The predicted molar refractivity (Wildman–Crippen MR) is 86.1 cm³/mol. The quantitative estimate of drug-likeness (QED) is 0.814. The zero-order valence-electron chi connectivity index (χ0n) is 14.3. The molecule has 0 spiro atoms. The van der Waals surface area contributed by atoms with Crippen LogP contribution < -0.4 is 0 Å². The van der Waals surface area contributed by atoms with Crippen LogP contribution in [0.2, 0.25) is 0 Å². The number of β-amino-alcohol motifs (C(OH)–C–C–N with tert-alkyl or cyclic N) is 1. The molecule has 2 saturated heterocycles. The van der Waals surface area contributed by atoms with Crippen LogP contribution in [0.25, 0.3) is 0 Å². The second-order valence-corrected chi connectivity index (χ2v) is 7.52. The first-order valence-electron chi connectivity index (χ1n) is 8.88. The lowest BCUT2D eigenvalue weighted by Crippen LogP contribution is -2.56. The molecule has 0 aromatic heterocycles. The van der Waals surface area contributed by atoms with Crippen LogP contribution in [0.3, 0.4) is 0 Å². The van der Waals surface area contributed by atoms with Crippen LogP contribution in [0.5, 0.6) is 0 Å². The van der Waals surface area contributed by atoms with E-state index in [0.29, 0.717) is 32.2 Å². The number of nitrogens with zero attached hydrogens (tertiary/aromatic N) is 2. The molecule has 1 amide bonds. The molecule has 132 valence electrons. The summed E-state index contributed by atoms with van der Waals surface area (Å²) in [6, 6.07) is 0.302. The third-order valence-electron chi connectivity index (χ3n) is 5.18. The number of carbonyl (C=O) groups is 1. The molecule has 3 aliphatic rings. The van der Waals surface area contributed by atoms with Crippen LogP contribution in [0, 0.1) is 5.92 Å². The first-order chi connectivity index (χ1) is 11.0. The highest BCUT2D eigenvalue weighted by molar-refractivity contribution is 5.76. The molecule has 0 unspecified atom stereocenters. The van der Waals surface area contributed by atoms with E-state index in [1.54, 1.807) is 19.0 Å². The highest BCUT2D eigenvalue weighted by atomic mass is 16.5. The van der Waals surface area contributed by atoms with Gasteiger partial charge in [0.25, 0.3) is 0 Å². The van der Waals surface area contributed by atoms with Gasteiger partial charge < -0.3 is 19.5 Å². The lowest BCUT2D eigenvalue weighted by molar-refractivity contribution is -0.159. The van der Waals surface area contributed by atoms with E-state index in [2.05, 4.69) is 4.90 Å². The summed E-state index contributed by atoms with van der Waals surface area (Å²) in [6.07, 6.45) is 4.56. The molecule has 3 fully saturated rings. The number of amides is 1. The molecule has 1 aliphatic carbocycles. The van der Waals surface area contributed by atoms with Crippen molar-refractivity contribution in [2.75, 3.05) is 40.4 Å². The molecule has 23 heavy (non-hydrogen) atoms. The SMILES string of the molecule is CN(C)C(=O)C[C@@H]1CC[C@@H]2[C@H](COC[C@H](O)CN2CC2CC2)O1. The van der Waals surface area contributed by atoms with Gasteiger partial charge in [0.1, 0.15) is 0 Å². The maximum Gasteiger partial charge on any atom is 0.224 e. The van der Waals surface area contributed by atoms with Crippen molar-refractivity contribution >= 4 is 5.91 Å². The van der Waals surface area contributed by atoms with E-state index in [9.17, 15) is 9.90 Å². The van der Waals surface area contributed by atoms with E-state index in [1.165, 1.54) is 12.8 Å². The van der Waals surface area contributed by atoms with Crippen molar-refractivity contribution in [3.63, 3.8) is 0 Å². The Bertz CT molecular complexity index is 413. The fraction of sp³-hybridized carbons (Fsp3) is 0.941. The number of fused-ring (bicyclic) bond motifs is 1. The third kappa shape index (κ3) is 4.66. The summed E-state index contributed by atoms with van der Waals surface area (Å²) in [5.74, 6) is 0.904. The molecule has 0 radical (unpaired) electrons. The fourth-order valence-electron chi connectivity index (χ4n) is 3.67. The van der Waals surface area contributed by atoms with Crippen molar-refractivity contribution in [1.29, 1.82) is 0 Å². The Morgan fingerprint density at radius 1 is 1.22 bits per heavy atom. The number of ether oxygens (including phenoxy) is 2. The second kappa shape index (κ2) is 7.47. The first kappa shape index (κ1) is 17.1. The van der Waals surface area contributed by atoms with Crippen LogP contribution in [-0.2, 0) is 14.3 Å². The molecule has 3 rings (SSSR count). The molecule has 6 nitrogen and oxygen atoms in total. The second-order valence-electron chi connectivity index (χ2n) is 7.52. The highest BCUT2D eigenvalue weighted by Gasteiger charge is 2.39. The number of hydrogen-bond acceptors (Lipinski definition) is 5. The Kier molecular flexibility index (Phi) is 5.57. The van der Waals surface area contributed by atoms with Crippen LogP contribution in [0.1, 0.15) is 32.1 Å². The molecule has 1 N–H and O–H groups in total. The van der Waals surface area contributed by atoms with Gasteiger partial charge in [-0.25, -0.2) is 0 Å². The zero-order chi connectivity index (χ0) is 16.4. The van der Waals surface area contributed by atoms with E-state index < -0.39 is 6.10 Å². The van der Waals surface area contributed by atoms with Crippen LogP contribution in [-0.4, -0.2) is 85.6 Å². The minimum absolute atomic E-state index is 0.00922. The van der Waals surface area contributed by atoms with Crippen molar-refractivity contribution in [3.8, 4) is 0 Å². The van der Waals surface area contributed by atoms with Crippen molar-refractivity contribution in [2.24, 2.45) is 5.92 Å². The van der Waals surface area contributed by atoms with Gasteiger partial charge in [0.05, 0.1) is 37.9 Å². The zero-order valence-corrected chi connectivity index (χ0v) is 14.3. The van der Waals surface area contributed by atoms with Gasteiger partial charge in [-0.05, 0) is 31.6 Å². The largest absolute Gasteiger partial charge is 0.389 e. The lowest BCUT2D eigenvalue weighted by Gasteiger charge is -2.44. The summed E-state index contributed by atoms with van der Waals surface area (Å²) in [5, 5.41) is 10.1. The predicted octanol–water partition coefficient (Wildman–Crippen LogP) is 0.484. The van der Waals surface area contributed by atoms with E-state index in [4.69, 9.17) is 9.47 Å². The Morgan fingerprint density at radius 3 is 2.70 bits per heavy atom. The van der Waals surface area contributed by atoms with E-state index in [0.717, 1.165) is 25.3 Å². The van der Waals surface area contributed by atoms with Gasteiger partial charge in [-0.2, -0.15) is 0 Å². The summed E-state index contributed by atoms with van der Waals surface area (Å²) in [7, 11) is 3.57. The van der Waals surface area contributed by atoms with Crippen molar-refractivity contribution in [3.05, 3.63) is 0 Å². The third-order valence-corrected chi connectivity index (χ3v) is 5.18. The molecular formula is C17H30N2O4. The summed E-state index contributed by atoms with van der Waals surface area (Å²) in [6.45, 7) is 2.61. The number of hydrogen-bond donors (Lipinski definition) is 1. The van der Waals surface area contributed by atoms with Gasteiger partial charge in [0.2, 0.25) is 5.91 Å². The van der Waals surface area contributed by atoms with Crippen LogP contribution >= 0.6 is 0 Å². The summed E-state index contributed by atoms with van der Waals surface area (Å²) in [4.78, 5) is 16.0. The minimum Gasteiger partial charge on any atom is -0.389 e. The van der Waals surface area contributed by atoms with Crippen molar-refractivity contribution in [2.45, 2.75) is 56.5 Å². The smallest absolute Gasteiger partial charge is 0.224 e. The Labute approximate surface area is 138 Å². The molecule has 6 heteroatoms. The molecular weight excluding hydrogens is 296 g/mol. The van der Waals surface area contributed by atoms with Gasteiger partial charge in [0, 0.05) is 33.2 Å². The molecule has 4 atom stereocenters. The minimum atomic E-state index is -0.414. The molecule has 0 bridgehead atoms. The molecule has 2 heterocycles. The topological polar surface area (TPSA) is 62.2 Å². The van der Waals surface area contributed by atoms with E-state index >= 15 is 0 Å². The fourth-order valence-corrected chi connectivity index (χ4v) is 3.67. The monoisotopic (exact) mass is 326 g/mol. The van der Waals surface area contributed by atoms with Crippen molar-refractivity contribution < 1.29 is 19.4 Å². The van der Waals surface area contributed by atoms with E-state index in [1.807, 2.05) is 0 Å². The molecule has 0 aromatic carbocycles. The first-order valence-corrected chi connectivity index (χ1v) is 8.88. The maximum atomic E-state index is 11.9. The van der Waals surface area contributed by atoms with Gasteiger partial charge in [-0.3, -0.25) is 9.69 Å². The average molecular weight is 326 g/mol.